The first-order chi connectivity index (χ1) is 6.16. The van der Waals surface area contributed by atoms with Crippen molar-refractivity contribution >= 4 is 17.2 Å². The number of hydrogen-bond acceptors (Lipinski definition) is 3. The van der Waals surface area contributed by atoms with Crippen LogP contribution in [0.5, 0.6) is 0 Å². The first-order valence-electron chi connectivity index (χ1n) is 4.37. The Kier molecular flexibility index (Phi) is 2.07. The van der Waals surface area contributed by atoms with Crippen LogP contribution in [0.2, 0.25) is 0 Å². The van der Waals surface area contributed by atoms with Crippen molar-refractivity contribution in [1.29, 1.82) is 0 Å². The standard InChI is InChI=1S/C9H12N2OS/c1-6-10-8-3-4-11(7(2)12)5-9(8)13-6/h3-5H2,1-2H3. The van der Waals surface area contributed by atoms with Gasteiger partial charge in [-0.25, -0.2) is 4.98 Å². The molecule has 0 aromatic carbocycles. The van der Waals surface area contributed by atoms with Crippen LogP contribution in [0.1, 0.15) is 22.5 Å². The Balaban J connectivity index is 2.24. The first-order valence-corrected chi connectivity index (χ1v) is 5.19. The van der Waals surface area contributed by atoms with E-state index < -0.39 is 0 Å². The molecule has 0 spiro atoms. The second kappa shape index (κ2) is 3.10. The van der Waals surface area contributed by atoms with Crippen molar-refractivity contribution in [2.75, 3.05) is 6.54 Å². The molecular weight excluding hydrogens is 184 g/mol. The number of hydrogen-bond donors (Lipinski definition) is 0. The third-order valence-corrected chi connectivity index (χ3v) is 3.28. The predicted octanol–water partition coefficient (Wildman–Crippen LogP) is 1.36. The highest BCUT2D eigenvalue weighted by atomic mass is 32.1. The van der Waals surface area contributed by atoms with E-state index in [-0.39, 0.29) is 5.91 Å². The minimum Gasteiger partial charge on any atom is -0.337 e. The molecule has 1 aromatic rings. The van der Waals surface area contributed by atoms with Crippen molar-refractivity contribution in [3.63, 3.8) is 0 Å². The summed E-state index contributed by atoms with van der Waals surface area (Å²) in [6.45, 7) is 5.22. The molecule has 0 unspecified atom stereocenters. The minimum atomic E-state index is 0.164. The highest BCUT2D eigenvalue weighted by molar-refractivity contribution is 7.11. The van der Waals surface area contributed by atoms with Crippen molar-refractivity contribution in [2.24, 2.45) is 0 Å². The Morgan fingerprint density at radius 1 is 1.62 bits per heavy atom. The summed E-state index contributed by atoms with van der Waals surface area (Å²) < 4.78 is 0. The molecule has 2 heterocycles. The molecule has 13 heavy (non-hydrogen) atoms. The number of aromatic nitrogens is 1. The van der Waals surface area contributed by atoms with Crippen LogP contribution < -0.4 is 0 Å². The van der Waals surface area contributed by atoms with E-state index in [1.165, 1.54) is 10.6 Å². The van der Waals surface area contributed by atoms with Gasteiger partial charge in [0.25, 0.3) is 0 Å². The maximum absolute atomic E-state index is 11.1. The molecule has 2 rings (SSSR count). The van der Waals surface area contributed by atoms with Gasteiger partial charge in [-0.2, -0.15) is 0 Å². The van der Waals surface area contributed by atoms with Crippen molar-refractivity contribution in [3.05, 3.63) is 15.6 Å². The Hall–Kier alpha value is -0.900. The van der Waals surface area contributed by atoms with E-state index in [2.05, 4.69) is 4.98 Å². The molecule has 70 valence electrons. The normalized spacial score (nSPS) is 15.7. The lowest BCUT2D eigenvalue weighted by molar-refractivity contribution is -0.129. The SMILES string of the molecule is CC(=O)N1CCc2nc(C)sc2C1. The van der Waals surface area contributed by atoms with Gasteiger partial charge in [0.15, 0.2) is 0 Å². The van der Waals surface area contributed by atoms with E-state index in [0.717, 1.165) is 24.5 Å². The number of amides is 1. The Morgan fingerprint density at radius 3 is 3.08 bits per heavy atom. The van der Waals surface area contributed by atoms with Crippen LogP contribution in [-0.2, 0) is 17.8 Å². The van der Waals surface area contributed by atoms with Gasteiger partial charge in [-0.1, -0.05) is 0 Å². The van der Waals surface area contributed by atoms with E-state index in [4.69, 9.17) is 0 Å². The quantitative estimate of drug-likeness (QED) is 0.627. The lowest BCUT2D eigenvalue weighted by Gasteiger charge is -2.24. The van der Waals surface area contributed by atoms with Crippen LogP contribution in [0.4, 0.5) is 0 Å². The Morgan fingerprint density at radius 2 is 2.38 bits per heavy atom. The lowest BCUT2D eigenvalue weighted by Crippen LogP contribution is -2.33. The van der Waals surface area contributed by atoms with Crippen LogP contribution in [0.3, 0.4) is 0 Å². The molecule has 0 fully saturated rings. The van der Waals surface area contributed by atoms with Gasteiger partial charge in [0.05, 0.1) is 17.2 Å². The minimum absolute atomic E-state index is 0.164. The van der Waals surface area contributed by atoms with Crippen LogP contribution >= 0.6 is 11.3 Å². The van der Waals surface area contributed by atoms with Crippen molar-refractivity contribution in [1.82, 2.24) is 9.88 Å². The van der Waals surface area contributed by atoms with Crippen molar-refractivity contribution in [2.45, 2.75) is 26.8 Å². The van der Waals surface area contributed by atoms with Gasteiger partial charge in [-0.15, -0.1) is 11.3 Å². The van der Waals surface area contributed by atoms with Gasteiger partial charge in [0, 0.05) is 24.8 Å². The van der Waals surface area contributed by atoms with Gasteiger partial charge < -0.3 is 4.90 Å². The fourth-order valence-electron chi connectivity index (χ4n) is 1.59. The number of rotatable bonds is 0. The van der Waals surface area contributed by atoms with Crippen LogP contribution in [0.25, 0.3) is 0 Å². The molecule has 1 aliphatic heterocycles. The summed E-state index contributed by atoms with van der Waals surface area (Å²) in [5, 5.41) is 1.11. The number of carbonyl (C=O) groups is 1. The lowest BCUT2D eigenvalue weighted by atomic mass is 10.2. The number of fused-ring (bicyclic) bond motifs is 1. The highest BCUT2D eigenvalue weighted by Crippen LogP contribution is 2.24. The average Bonchev–Trinajstić information content (AvgIpc) is 2.42. The monoisotopic (exact) mass is 196 g/mol. The molecule has 0 radical (unpaired) electrons. The van der Waals surface area contributed by atoms with Crippen LogP contribution in [0, 0.1) is 6.92 Å². The zero-order chi connectivity index (χ0) is 9.42. The van der Waals surface area contributed by atoms with Crippen molar-refractivity contribution in [3.8, 4) is 0 Å². The second-order valence-electron chi connectivity index (χ2n) is 3.29. The maximum Gasteiger partial charge on any atom is 0.219 e. The van der Waals surface area contributed by atoms with E-state index in [0.29, 0.717) is 0 Å². The maximum atomic E-state index is 11.1. The van der Waals surface area contributed by atoms with Gasteiger partial charge in [0.2, 0.25) is 5.91 Å². The summed E-state index contributed by atoms with van der Waals surface area (Å²) in [5.74, 6) is 0.164. The topological polar surface area (TPSA) is 33.2 Å². The summed E-state index contributed by atoms with van der Waals surface area (Å²) in [7, 11) is 0. The number of nitrogens with zero attached hydrogens (tertiary/aromatic N) is 2. The van der Waals surface area contributed by atoms with Gasteiger partial charge in [-0.05, 0) is 6.92 Å². The molecule has 3 nitrogen and oxygen atoms in total. The molecule has 1 aromatic heterocycles. The van der Waals surface area contributed by atoms with Crippen molar-refractivity contribution < 1.29 is 4.79 Å². The third-order valence-electron chi connectivity index (χ3n) is 2.28. The van der Waals surface area contributed by atoms with E-state index in [1.54, 1.807) is 18.3 Å². The molecule has 0 aliphatic carbocycles. The molecular formula is C9H12N2OS. The molecule has 0 N–H and O–H groups in total. The molecule has 4 heteroatoms. The average molecular weight is 196 g/mol. The summed E-state index contributed by atoms with van der Waals surface area (Å²) >= 11 is 1.71. The van der Waals surface area contributed by atoms with Gasteiger partial charge in [0.1, 0.15) is 0 Å². The largest absolute Gasteiger partial charge is 0.337 e. The molecule has 0 saturated heterocycles. The third kappa shape index (κ3) is 1.58. The fraction of sp³-hybridized carbons (Fsp3) is 0.556. The summed E-state index contributed by atoms with van der Waals surface area (Å²) in [6, 6.07) is 0. The molecule has 0 bridgehead atoms. The summed E-state index contributed by atoms with van der Waals surface area (Å²) in [4.78, 5) is 18.7. The molecule has 0 atom stereocenters. The van der Waals surface area contributed by atoms with Crippen LogP contribution in [-0.4, -0.2) is 22.3 Å². The number of thiazole rings is 1. The Bertz CT molecular complexity index is 345. The molecule has 1 aliphatic rings. The van der Waals surface area contributed by atoms with Gasteiger partial charge >= 0.3 is 0 Å². The zero-order valence-corrected chi connectivity index (χ0v) is 8.65. The molecule has 0 saturated carbocycles. The van der Waals surface area contributed by atoms with Gasteiger partial charge in [-0.3, -0.25) is 4.79 Å². The predicted molar refractivity (Wildman–Crippen MR) is 51.6 cm³/mol. The Labute approximate surface area is 81.4 Å². The summed E-state index contributed by atoms with van der Waals surface area (Å²) in [6.07, 6.45) is 0.916. The van der Waals surface area contributed by atoms with E-state index >= 15 is 0 Å². The highest BCUT2D eigenvalue weighted by Gasteiger charge is 2.20. The van der Waals surface area contributed by atoms with E-state index in [9.17, 15) is 4.79 Å². The molecule has 1 amide bonds. The van der Waals surface area contributed by atoms with E-state index in [1.807, 2.05) is 11.8 Å². The number of aryl methyl sites for hydroxylation is 1. The number of carbonyl (C=O) groups excluding carboxylic acids is 1. The second-order valence-corrected chi connectivity index (χ2v) is 4.58. The summed E-state index contributed by atoms with van der Waals surface area (Å²) in [5.41, 5.74) is 1.19. The fourth-order valence-corrected chi connectivity index (χ4v) is 2.59. The smallest absolute Gasteiger partial charge is 0.219 e. The van der Waals surface area contributed by atoms with Crippen LogP contribution in [0.15, 0.2) is 0 Å². The zero-order valence-electron chi connectivity index (χ0n) is 7.83. The first kappa shape index (κ1) is 8.69.